The zero-order valence-electron chi connectivity index (χ0n) is 14.9. The third-order valence-corrected chi connectivity index (χ3v) is 5.28. The molecule has 1 aromatic carbocycles. The maximum atomic E-state index is 13.7. The van der Waals surface area contributed by atoms with Crippen LogP contribution < -0.4 is 10.2 Å². The maximum Gasteiger partial charge on any atom is 0.414 e. The van der Waals surface area contributed by atoms with E-state index in [2.05, 4.69) is 5.32 Å². The van der Waals surface area contributed by atoms with Crippen LogP contribution in [-0.4, -0.2) is 48.5 Å². The number of halogens is 2. The number of nitrogens with zero attached hydrogens (tertiary/aromatic N) is 1. The number of alkyl carbamates (subject to hydrolysis) is 1. The van der Waals surface area contributed by atoms with Crippen molar-refractivity contribution in [1.82, 2.24) is 5.32 Å². The van der Waals surface area contributed by atoms with Gasteiger partial charge in [0.25, 0.3) is 0 Å². The lowest BCUT2D eigenvalue weighted by Crippen LogP contribution is -2.33. The largest absolute Gasteiger partial charge is 0.444 e. The Hall–Kier alpha value is -1.23. The minimum Gasteiger partial charge on any atom is -0.444 e. The van der Waals surface area contributed by atoms with Crippen LogP contribution in [0, 0.1) is 9.39 Å². The van der Waals surface area contributed by atoms with Crippen LogP contribution in [0.25, 0.3) is 0 Å². The van der Waals surface area contributed by atoms with Gasteiger partial charge in [0.15, 0.2) is 0 Å². The molecule has 0 spiro atoms. The number of anilines is 1. The van der Waals surface area contributed by atoms with Gasteiger partial charge in [-0.3, -0.25) is 4.90 Å². The lowest BCUT2D eigenvalue weighted by molar-refractivity contribution is 0.0531. The highest BCUT2D eigenvalue weighted by Gasteiger charge is 2.32. The van der Waals surface area contributed by atoms with E-state index in [1.807, 2.05) is 22.6 Å². The summed E-state index contributed by atoms with van der Waals surface area (Å²) in [5.41, 5.74) is -0.0275. The quantitative estimate of drug-likeness (QED) is 0.476. The zero-order valence-corrected chi connectivity index (χ0v) is 17.9. The summed E-state index contributed by atoms with van der Waals surface area (Å²) < 4.78 is 24.6. The smallest absolute Gasteiger partial charge is 0.414 e. The number of ether oxygens (including phenoxy) is 2. The van der Waals surface area contributed by atoms with Crippen molar-refractivity contribution in [1.29, 1.82) is 0 Å². The van der Waals surface area contributed by atoms with Gasteiger partial charge in [-0.05, 0) is 61.6 Å². The van der Waals surface area contributed by atoms with Gasteiger partial charge in [-0.1, -0.05) is 0 Å². The summed E-state index contributed by atoms with van der Waals surface area (Å²) in [5.74, 6) is 0.915. The number of carbonyl (C=O) groups is 2. The molecule has 2 amide bonds. The molecule has 1 N–H and O–H groups in total. The SMILES string of the molecule is CC(C)(C)OC(=O)NCCSC[C@H]1CN(c2ccc(I)c(F)c2)C(=O)O1. The Balaban J connectivity index is 1.71. The van der Waals surface area contributed by atoms with Gasteiger partial charge in [0.2, 0.25) is 0 Å². The molecule has 0 saturated carbocycles. The average Bonchev–Trinajstić information content (AvgIpc) is 2.89. The summed E-state index contributed by atoms with van der Waals surface area (Å²) in [7, 11) is 0. The number of nitrogens with one attached hydrogen (secondary N) is 1. The maximum absolute atomic E-state index is 13.7. The van der Waals surface area contributed by atoms with Crippen LogP contribution in [0.3, 0.4) is 0 Å². The van der Waals surface area contributed by atoms with E-state index in [1.54, 1.807) is 44.7 Å². The van der Waals surface area contributed by atoms with Crippen molar-refractivity contribution in [3.05, 3.63) is 27.6 Å². The topological polar surface area (TPSA) is 67.9 Å². The summed E-state index contributed by atoms with van der Waals surface area (Å²) in [6, 6.07) is 4.67. The van der Waals surface area contributed by atoms with Gasteiger partial charge in [-0.25, -0.2) is 14.0 Å². The molecule has 1 atom stereocenters. The fourth-order valence-corrected chi connectivity index (χ4v) is 3.41. The van der Waals surface area contributed by atoms with E-state index in [-0.39, 0.29) is 11.9 Å². The van der Waals surface area contributed by atoms with Gasteiger partial charge < -0.3 is 14.8 Å². The number of cyclic esters (lactones) is 1. The molecule has 0 aliphatic carbocycles. The predicted molar refractivity (Wildman–Crippen MR) is 108 cm³/mol. The number of hydrogen-bond donors (Lipinski definition) is 1. The zero-order chi connectivity index (χ0) is 19.3. The van der Waals surface area contributed by atoms with Gasteiger partial charge in [0.1, 0.15) is 17.5 Å². The third kappa shape index (κ3) is 6.49. The average molecular weight is 496 g/mol. The Morgan fingerprint density at radius 3 is 2.88 bits per heavy atom. The van der Waals surface area contributed by atoms with Crippen molar-refractivity contribution in [2.45, 2.75) is 32.5 Å². The van der Waals surface area contributed by atoms with Crippen molar-refractivity contribution < 1.29 is 23.5 Å². The van der Waals surface area contributed by atoms with E-state index in [0.717, 1.165) is 0 Å². The van der Waals surface area contributed by atoms with Gasteiger partial charge in [0, 0.05) is 21.6 Å². The van der Waals surface area contributed by atoms with Gasteiger partial charge in [-0.2, -0.15) is 11.8 Å². The highest BCUT2D eigenvalue weighted by atomic mass is 127. The molecule has 0 unspecified atom stereocenters. The molecule has 1 fully saturated rings. The molecular weight excluding hydrogens is 474 g/mol. The van der Waals surface area contributed by atoms with Crippen LogP contribution >= 0.6 is 34.4 Å². The molecule has 2 rings (SSSR count). The van der Waals surface area contributed by atoms with Crippen molar-refractivity contribution >= 4 is 52.2 Å². The van der Waals surface area contributed by atoms with Gasteiger partial charge in [0.05, 0.1) is 12.2 Å². The van der Waals surface area contributed by atoms with E-state index in [0.29, 0.717) is 33.9 Å². The molecular formula is C17H22FIN2O4S. The van der Waals surface area contributed by atoms with Crippen molar-refractivity contribution in [3.63, 3.8) is 0 Å². The Labute approximate surface area is 170 Å². The molecule has 6 nitrogen and oxygen atoms in total. The molecule has 1 saturated heterocycles. The Morgan fingerprint density at radius 2 is 2.23 bits per heavy atom. The van der Waals surface area contributed by atoms with E-state index in [4.69, 9.17) is 9.47 Å². The Kier molecular flexibility index (Phi) is 7.39. The van der Waals surface area contributed by atoms with Gasteiger partial charge in [-0.15, -0.1) is 0 Å². The fourth-order valence-electron chi connectivity index (χ4n) is 2.23. The van der Waals surface area contributed by atoms with Gasteiger partial charge >= 0.3 is 12.2 Å². The molecule has 1 aliphatic heterocycles. The number of carbonyl (C=O) groups excluding carboxylic acids is 2. The van der Waals surface area contributed by atoms with E-state index in [9.17, 15) is 14.0 Å². The van der Waals surface area contributed by atoms with Crippen LogP contribution in [0.4, 0.5) is 19.7 Å². The number of benzene rings is 1. The van der Waals surface area contributed by atoms with E-state index < -0.39 is 17.8 Å². The second-order valence-corrected chi connectivity index (χ2v) is 9.03. The lowest BCUT2D eigenvalue weighted by Gasteiger charge is -2.19. The number of hydrogen-bond acceptors (Lipinski definition) is 5. The highest BCUT2D eigenvalue weighted by molar-refractivity contribution is 14.1. The molecule has 1 aliphatic rings. The fraction of sp³-hybridized carbons (Fsp3) is 0.529. The summed E-state index contributed by atoms with van der Waals surface area (Å²) in [6.45, 7) is 6.26. The minimum absolute atomic E-state index is 0.267. The second kappa shape index (κ2) is 9.12. The monoisotopic (exact) mass is 496 g/mol. The minimum atomic E-state index is -0.520. The molecule has 144 valence electrons. The Morgan fingerprint density at radius 1 is 1.50 bits per heavy atom. The first-order chi connectivity index (χ1) is 12.2. The first-order valence-corrected chi connectivity index (χ1v) is 10.4. The molecule has 0 radical (unpaired) electrons. The van der Waals surface area contributed by atoms with E-state index in [1.165, 1.54) is 11.0 Å². The van der Waals surface area contributed by atoms with Crippen molar-refractivity contribution in [2.24, 2.45) is 0 Å². The van der Waals surface area contributed by atoms with Crippen molar-refractivity contribution in [2.75, 3.05) is 29.5 Å². The van der Waals surface area contributed by atoms with Crippen LogP contribution in [-0.2, 0) is 9.47 Å². The first kappa shape index (κ1) is 21.1. The standard InChI is InChI=1S/C17H22FIN2O4S/c1-17(2,3)25-15(22)20-6-7-26-10-12-9-21(16(23)24-12)11-4-5-14(19)13(18)8-11/h4-5,8,12H,6-7,9-10H2,1-3H3,(H,20,22)/t12-/m1/s1. The van der Waals surface area contributed by atoms with E-state index >= 15 is 0 Å². The molecule has 26 heavy (non-hydrogen) atoms. The normalized spacial score (nSPS) is 17.2. The number of rotatable bonds is 6. The molecule has 0 aromatic heterocycles. The van der Waals surface area contributed by atoms with Crippen LogP contribution in [0.15, 0.2) is 18.2 Å². The van der Waals surface area contributed by atoms with Crippen LogP contribution in [0.5, 0.6) is 0 Å². The second-order valence-electron chi connectivity index (χ2n) is 6.72. The predicted octanol–water partition coefficient (Wildman–Crippen LogP) is 4.01. The number of amides is 2. The first-order valence-electron chi connectivity index (χ1n) is 8.13. The van der Waals surface area contributed by atoms with Crippen LogP contribution in [0.2, 0.25) is 0 Å². The van der Waals surface area contributed by atoms with Crippen LogP contribution in [0.1, 0.15) is 20.8 Å². The molecule has 0 bridgehead atoms. The molecule has 9 heteroatoms. The summed E-state index contributed by atoms with van der Waals surface area (Å²) in [6.07, 6.45) is -1.18. The summed E-state index contributed by atoms with van der Waals surface area (Å²) >= 11 is 3.47. The number of thioether (sulfide) groups is 1. The molecule has 1 heterocycles. The molecule has 1 aromatic rings. The highest BCUT2D eigenvalue weighted by Crippen LogP contribution is 2.25. The Bertz CT molecular complexity index is 669. The third-order valence-electron chi connectivity index (χ3n) is 3.31. The lowest BCUT2D eigenvalue weighted by atomic mass is 10.2. The summed E-state index contributed by atoms with van der Waals surface area (Å²) in [5, 5.41) is 2.68. The summed E-state index contributed by atoms with van der Waals surface area (Å²) in [4.78, 5) is 24.9. The van der Waals surface area contributed by atoms with Crippen molar-refractivity contribution in [3.8, 4) is 0 Å².